The fourth-order valence-electron chi connectivity index (χ4n) is 2.30. The van der Waals surface area contributed by atoms with Gasteiger partial charge in [0, 0.05) is 12.6 Å². The maximum absolute atomic E-state index is 13.9. The normalized spacial score (nSPS) is 13.5. The number of hydrogen-bond donors (Lipinski definition) is 1. The number of ether oxygens (including phenoxy) is 2. The minimum absolute atomic E-state index is 0.0948. The van der Waals surface area contributed by atoms with Crippen LogP contribution in [0.2, 0.25) is 0 Å². The van der Waals surface area contributed by atoms with E-state index in [9.17, 15) is 27.5 Å². The van der Waals surface area contributed by atoms with Gasteiger partial charge in [0.15, 0.2) is 11.6 Å². The second kappa shape index (κ2) is 7.25. The highest BCUT2D eigenvalue weighted by atomic mass is 19.4. The Morgan fingerprint density at radius 3 is 2.25 bits per heavy atom. The first-order valence-electron chi connectivity index (χ1n) is 6.93. The van der Waals surface area contributed by atoms with Crippen LogP contribution < -0.4 is 4.74 Å². The van der Waals surface area contributed by atoms with Crippen molar-refractivity contribution in [2.45, 2.75) is 38.7 Å². The zero-order valence-corrected chi connectivity index (χ0v) is 13.6. The Kier molecular flexibility index (Phi) is 6.04. The molecule has 1 rings (SSSR count). The zero-order chi connectivity index (χ0) is 18.7. The Morgan fingerprint density at radius 1 is 1.29 bits per heavy atom. The first-order valence-corrected chi connectivity index (χ1v) is 6.93. The molecule has 136 valence electrons. The molecular weight excluding hydrogens is 334 g/mol. The fraction of sp³-hybridized carbons (Fsp3) is 0.533. The molecule has 1 atom stereocenters. The van der Waals surface area contributed by atoms with Crippen LogP contribution in [-0.4, -0.2) is 41.7 Å². The lowest BCUT2D eigenvalue weighted by Gasteiger charge is -2.39. The van der Waals surface area contributed by atoms with E-state index in [1.165, 1.54) is 13.2 Å². The number of carboxylic acid groups (broad SMARTS) is 1. The molecule has 0 unspecified atom stereocenters. The summed E-state index contributed by atoms with van der Waals surface area (Å²) in [5.74, 6) is -2.23. The molecule has 0 saturated heterocycles. The molecule has 0 radical (unpaired) electrons. The number of rotatable bonds is 5. The van der Waals surface area contributed by atoms with Gasteiger partial charge in [-0.1, -0.05) is 6.07 Å². The van der Waals surface area contributed by atoms with Crippen LogP contribution >= 0.6 is 0 Å². The number of nitrogens with zero attached hydrogens (tertiary/aromatic N) is 1. The van der Waals surface area contributed by atoms with Crippen molar-refractivity contribution in [3.63, 3.8) is 0 Å². The van der Waals surface area contributed by atoms with Gasteiger partial charge in [-0.25, -0.2) is 9.18 Å². The number of hydrogen-bond acceptors (Lipinski definition) is 3. The molecule has 0 spiro atoms. The van der Waals surface area contributed by atoms with E-state index in [1.807, 2.05) is 0 Å². The fourth-order valence-corrected chi connectivity index (χ4v) is 2.30. The third-order valence-corrected chi connectivity index (χ3v) is 3.13. The maximum Gasteiger partial charge on any atom is 0.573 e. The van der Waals surface area contributed by atoms with Crippen molar-refractivity contribution in [1.82, 2.24) is 4.90 Å². The van der Waals surface area contributed by atoms with Crippen molar-refractivity contribution in [3.05, 3.63) is 29.6 Å². The Hall–Kier alpha value is -2.03. The number of amides is 1. The zero-order valence-electron chi connectivity index (χ0n) is 13.6. The van der Waals surface area contributed by atoms with Crippen LogP contribution in [0.4, 0.5) is 22.4 Å². The summed E-state index contributed by atoms with van der Waals surface area (Å²) in [4.78, 5) is 12.6. The third kappa shape index (κ3) is 5.26. The van der Waals surface area contributed by atoms with Gasteiger partial charge in [0.05, 0.1) is 12.6 Å². The van der Waals surface area contributed by atoms with Crippen molar-refractivity contribution >= 4 is 6.09 Å². The van der Waals surface area contributed by atoms with E-state index in [1.54, 1.807) is 20.8 Å². The van der Waals surface area contributed by atoms with Gasteiger partial charge in [-0.2, -0.15) is 0 Å². The van der Waals surface area contributed by atoms with Gasteiger partial charge in [0.2, 0.25) is 0 Å². The topological polar surface area (TPSA) is 59.0 Å². The van der Waals surface area contributed by atoms with E-state index in [2.05, 4.69) is 4.74 Å². The van der Waals surface area contributed by atoms with Crippen LogP contribution in [0.15, 0.2) is 18.2 Å². The lowest BCUT2D eigenvalue weighted by Crippen LogP contribution is -2.48. The van der Waals surface area contributed by atoms with Gasteiger partial charge in [-0.15, -0.1) is 13.2 Å². The molecule has 0 aromatic heterocycles. The minimum atomic E-state index is -5.02. The number of benzene rings is 1. The highest BCUT2D eigenvalue weighted by Crippen LogP contribution is 2.32. The molecule has 0 aliphatic carbocycles. The number of methoxy groups -OCH3 is 1. The van der Waals surface area contributed by atoms with E-state index in [-0.39, 0.29) is 12.2 Å². The summed E-state index contributed by atoms with van der Waals surface area (Å²) < 4.78 is 59.1. The first-order chi connectivity index (χ1) is 10.9. The second-order valence-corrected chi connectivity index (χ2v) is 6.03. The summed E-state index contributed by atoms with van der Waals surface area (Å²) in [5, 5.41) is 9.45. The minimum Gasteiger partial charge on any atom is -0.465 e. The Labute approximate surface area is 136 Å². The van der Waals surface area contributed by atoms with E-state index >= 15 is 0 Å². The van der Waals surface area contributed by atoms with Crippen molar-refractivity contribution in [2.75, 3.05) is 13.7 Å². The smallest absolute Gasteiger partial charge is 0.465 e. The SMILES string of the molecule is COC[C@H](c1ccc(OC(F)(F)F)c(F)c1)N(C(=O)O)C(C)(C)C. The molecule has 0 saturated carbocycles. The lowest BCUT2D eigenvalue weighted by molar-refractivity contribution is -0.275. The molecule has 24 heavy (non-hydrogen) atoms. The third-order valence-electron chi connectivity index (χ3n) is 3.13. The molecule has 0 aliphatic heterocycles. The maximum atomic E-state index is 13.9. The van der Waals surface area contributed by atoms with Crippen LogP contribution in [0.25, 0.3) is 0 Å². The molecule has 0 aliphatic rings. The summed E-state index contributed by atoms with van der Waals surface area (Å²) >= 11 is 0. The summed E-state index contributed by atoms with van der Waals surface area (Å²) in [6.07, 6.45) is -6.28. The van der Waals surface area contributed by atoms with Crippen LogP contribution in [0, 0.1) is 5.82 Å². The van der Waals surface area contributed by atoms with Gasteiger partial charge in [0.25, 0.3) is 0 Å². The van der Waals surface area contributed by atoms with Gasteiger partial charge in [-0.3, -0.25) is 4.90 Å². The van der Waals surface area contributed by atoms with E-state index in [4.69, 9.17) is 4.74 Å². The summed E-state index contributed by atoms with van der Waals surface area (Å²) in [6.45, 7) is 4.83. The Morgan fingerprint density at radius 2 is 1.88 bits per heavy atom. The molecule has 1 N–H and O–H groups in total. The van der Waals surface area contributed by atoms with Crippen molar-refractivity contribution in [1.29, 1.82) is 0 Å². The monoisotopic (exact) mass is 353 g/mol. The molecule has 9 heteroatoms. The van der Waals surface area contributed by atoms with Gasteiger partial charge >= 0.3 is 12.5 Å². The molecular formula is C15H19F4NO4. The highest BCUT2D eigenvalue weighted by molar-refractivity contribution is 5.67. The van der Waals surface area contributed by atoms with Crippen LogP contribution in [-0.2, 0) is 4.74 Å². The highest BCUT2D eigenvalue weighted by Gasteiger charge is 2.36. The number of alkyl halides is 3. The molecule has 0 fully saturated rings. The van der Waals surface area contributed by atoms with Crippen molar-refractivity contribution in [2.24, 2.45) is 0 Å². The second-order valence-electron chi connectivity index (χ2n) is 6.03. The van der Waals surface area contributed by atoms with E-state index < -0.39 is 35.6 Å². The quantitative estimate of drug-likeness (QED) is 0.807. The first kappa shape index (κ1) is 20.0. The summed E-state index contributed by atoms with van der Waals surface area (Å²) in [7, 11) is 1.34. The summed E-state index contributed by atoms with van der Waals surface area (Å²) in [6, 6.07) is 1.90. The average Bonchev–Trinajstić information content (AvgIpc) is 2.37. The van der Waals surface area contributed by atoms with Gasteiger partial charge < -0.3 is 14.6 Å². The van der Waals surface area contributed by atoms with Gasteiger partial charge in [0.1, 0.15) is 0 Å². The molecule has 0 bridgehead atoms. The van der Waals surface area contributed by atoms with Crippen LogP contribution in [0.1, 0.15) is 32.4 Å². The molecule has 0 heterocycles. The van der Waals surface area contributed by atoms with E-state index in [0.717, 1.165) is 17.0 Å². The number of halogens is 4. The Balaban J connectivity index is 3.26. The number of carbonyl (C=O) groups is 1. The molecule has 5 nitrogen and oxygen atoms in total. The molecule has 1 amide bonds. The van der Waals surface area contributed by atoms with Crippen LogP contribution in [0.3, 0.4) is 0 Å². The van der Waals surface area contributed by atoms with Gasteiger partial charge in [-0.05, 0) is 38.5 Å². The molecule has 1 aromatic rings. The lowest BCUT2D eigenvalue weighted by atomic mass is 9.98. The molecule has 1 aromatic carbocycles. The summed E-state index contributed by atoms with van der Waals surface area (Å²) in [5.41, 5.74) is -0.687. The predicted molar refractivity (Wildman–Crippen MR) is 77.3 cm³/mol. The largest absolute Gasteiger partial charge is 0.573 e. The Bertz CT molecular complexity index is 584. The van der Waals surface area contributed by atoms with E-state index in [0.29, 0.717) is 0 Å². The standard InChI is InChI=1S/C15H19F4NO4/c1-14(2,3)20(13(21)22)11(8-23-4)9-5-6-12(10(16)7-9)24-15(17,18)19/h5-7,11H,8H2,1-4H3,(H,21,22)/t11-/m1/s1. The average molecular weight is 353 g/mol. The van der Waals surface area contributed by atoms with Crippen molar-refractivity contribution in [3.8, 4) is 5.75 Å². The predicted octanol–water partition coefficient (Wildman–Crippen LogP) is 4.19. The van der Waals surface area contributed by atoms with Crippen molar-refractivity contribution < 1.29 is 36.9 Å². The van der Waals surface area contributed by atoms with Crippen LogP contribution in [0.5, 0.6) is 5.75 Å².